The number of hydrogen-bond donors (Lipinski definition) is 1. The number of nitrogens with zero attached hydrogens (tertiary/aromatic N) is 1. The monoisotopic (exact) mass is 349 g/mol. The summed E-state index contributed by atoms with van der Waals surface area (Å²) in [5, 5.41) is 10.0. The van der Waals surface area contributed by atoms with Crippen molar-refractivity contribution in [3.05, 3.63) is 34.9 Å². The Morgan fingerprint density at radius 1 is 1.04 bits per heavy atom. The van der Waals surface area contributed by atoms with Crippen LogP contribution < -0.4 is 0 Å². The average Bonchev–Trinajstić information content (AvgIpc) is 2.34. The van der Waals surface area contributed by atoms with Crippen molar-refractivity contribution < 1.29 is 22.5 Å². The van der Waals surface area contributed by atoms with Crippen LogP contribution in [-0.2, 0) is 22.8 Å². The van der Waals surface area contributed by atoms with Gasteiger partial charge >= 0.3 is 6.18 Å². The second kappa shape index (κ2) is 6.36. The van der Waals surface area contributed by atoms with Crippen LogP contribution >= 0.6 is 0 Å². The largest absolute Gasteiger partial charge is 0.416 e. The van der Waals surface area contributed by atoms with Crippen LogP contribution in [0.1, 0.15) is 58.2 Å². The second-order valence-electron chi connectivity index (χ2n) is 6.89. The lowest BCUT2D eigenvalue weighted by Crippen LogP contribution is -2.21. The second-order valence-corrected chi connectivity index (χ2v) is 8.80. The topological polar surface area (TPSA) is 49.7 Å². The molecule has 0 spiro atoms. The highest BCUT2D eigenvalue weighted by atomic mass is 32.2. The van der Waals surface area contributed by atoms with Crippen LogP contribution in [0.5, 0.6) is 0 Å². The molecule has 0 bridgehead atoms. The minimum atomic E-state index is -4.54. The Morgan fingerprint density at radius 3 is 1.91 bits per heavy atom. The lowest BCUT2D eigenvalue weighted by atomic mass is 9.93. The first kappa shape index (κ1) is 19.8. The predicted octanol–water partition coefficient (Wildman–Crippen LogP) is 4.20. The van der Waals surface area contributed by atoms with E-state index in [0.29, 0.717) is 0 Å². The zero-order valence-corrected chi connectivity index (χ0v) is 14.9. The third-order valence-corrected chi connectivity index (χ3v) is 4.62. The smallest absolute Gasteiger partial charge is 0.386 e. The van der Waals surface area contributed by atoms with Crippen molar-refractivity contribution in [3.63, 3.8) is 0 Å². The standard InChI is InChI=1S/C16H22F3NO2S/c1-10(20-23(22)14(2,3)4)11-7-12(15(5,6)21)9-13(8-11)16(17,18)19/h7-9,21H,1-6H3/b20-10+/t23-/m1/s1. The fraction of sp³-hybridized carbons (Fsp3) is 0.562. The van der Waals surface area contributed by atoms with Crippen LogP contribution in [0.15, 0.2) is 22.6 Å². The van der Waals surface area contributed by atoms with Gasteiger partial charge in [-0.25, -0.2) is 4.21 Å². The van der Waals surface area contributed by atoms with Gasteiger partial charge in [0, 0.05) is 0 Å². The molecule has 1 aromatic rings. The molecule has 7 heteroatoms. The van der Waals surface area contributed by atoms with E-state index >= 15 is 0 Å². The summed E-state index contributed by atoms with van der Waals surface area (Å²) >= 11 is 0. The Hall–Kier alpha value is -1.21. The van der Waals surface area contributed by atoms with Gasteiger partial charge in [0.05, 0.1) is 21.6 Å². The third kappa shape index (κ3) is 5.42. The summed E-state index contributed by atoms with van der Waals surface area (Å²) < 4.78 is 54.7. The number of alkyl halides is 3. The van der Waals surface area contributed by atoms with Crippen LogP contribution in [0.25, 0.3) is 0 Å². The minimum absolute atomic E-state index is 0.124. The maximum Gasteiger partial charge on any atom is 0.416 e. The molecule has 0 unspecified atom stereocenters. The van der Waals surface area contributed by atoms with E-state index < -0.39 is 33.1 Å². The van der Waals surface area contributed by atoms with E-state index in [4.69, 9.17) is 0 Å². The molecule has 130 valence electrons. The van der Waals surface area contributed by atoms with E-state index in [-0.39, 0.29) is 16.8 Å². The zero-order valence-electron chi connectivity index (χ0n) is 14.1. The Labute approximate surface area is 137 Å². The van der Waals surface area contributed by atoms with Crippen molar-refractivity contribution in [2.45, 2.75) is 58.1 Å². The number of hydrogen-bond acceptors (Lipinski definition) is 2. The Bertz CT molecular complexity index is 606. The van der Waals surface area contributed by atoms with Crippen molar-refractivity contribution in [2.24, 2.45) is 4.40 Å². The summed E-state index contributed by atoms with van der Waals surface area (Å²) in [4.78, 5) is 0. The highest BCUT2D eigenvalue weighted by Gasteiger charge is 2.33. The molecule has 0 aliphatic rings. The molecule has 0 saturated carbocycles. The van der Waals surface area contributed by atoms with Crippen LogP contribution in [0, 0.1) is 0 Å². The van der Waals surface area contributed by atoms with E-state index in [1.165, 1.54) is 26.8 Å². The maximum atomic E-state index is 13.1. The highest BCUT2D eigenvalue weighted by molar-refractivity contribution is 7.85. The maximum absolute atomic E-state index is 13.1. The number of rotatable bonds is 3. The first-order valence-electron chi connectivity index (χ1n) is 7.05. The van der Waals surface area contributed by atoms with E-state index in [9.17, 15) is 22.5 Å². The van der Waals surface area contributed by atoms with Gasteiger partial charge in [0.15, 0.2) is 0 Å². The molecule has 0 radical (unpaired) electrons. The molecule has 0 saturated heterocycles. The number of halogens is 3. The Balaban J connectivity index is 3.47. The first-order chi connectivity index (χ1) is 10.1. The summed E-state index contributed by atoms with van der Waals surface area (Å²) in [5.41, 5.74) is -1.76. The molecule has 0 amide bonds. The molecule has 0 heterocycles. The average molecular weight is 349 g/mol. The normalized spacial score (nSPS) is 15.7. The summed E-state index contributed by atoms with van der Waals surface area (Å²) in [6, 6.07) is 3.30. The number of aliphatic hydroxyl groups is 1. The van der Waals surface area contributed by atoms with E-state index in [1.807, 2.05) is 0 Å². The molecule has 23 heavy (non-hydrogen) atoms. The Morgan fingerprint density at radius 2 is 1.52 bits per heavy atom. The van der Waals surface area contributed by atoms with Gasteiger partial charge in [-0.1, -0.05) is 0 Å². The molecule has 1 N–H and O–H groups in total. The molecular formula is C16H22F3NO2S. The Kier molecular flexibility index (Phi) is 5.48. The van der Waals surface area contributed by atoms with Crippen LogP contribution in [0.4, 0.5) is 13.2 Å². The van der Waals surface area contributed by atoms with Gasteiger partial charge in [-0.3, -0.25) is 0 Å². The molecule has 1 aromatic carbocycles. The van der Waals surface area contributed by atoms with Crippen LogP contribution in [0.3, 0.4) is 0 Å². The number of benzene rings is 1. The van der Waals surface area contributed by atoms with Crippen molar-refractivity contribution >= 4 is 16.7 Å². The predicted molar refractivity (Wildman–Crippen MR) is 86.8 cm³/mol. The lowest BCUT2D eigenvalue weighted by Gasteiger charge is -2.21. The fourth-order valence-electron chi connectivity index (χ4n) is 1.67. The quantitative estimate of drug-likeness (QED) is 0.831. The van der Waals surface area contributed by atoms with Crippen molar-refractivity contribution in [1.82, 2.24) is 0 Å². The molecule has 1 rings (SSSR count). The van der Waals surface area contributed by atoms with Gasteiger partial charge in [-0.05, 0) is 70.9 Å². The minimum Gasteiger partial charge on any atom is -0.386 e. The third-order valence-electron chi connectivity index (χ3n) is 3.13. The van der Waals surface area contributed by atoms with Crippen LogP contribution in [0.2, 0.25) is 0 Å². The lowest BCUT2D eigenvalue weighted by molar-refractivity contribution is -0.137. The summed E-state index contributed by atoms with van der Waals surface area (Å²) in [5.74, 6) is 0. The van der Waals surface area contributed by atoms with Gasteiger partial charge in [-0.15, -0.1) is 0 Å². The highest BCUT2D eigenvalue weighted by Crippen LogP contribution is 2.33. The molecule has 1 atom stereocenters. The molecule has 0 aromatic heterocycles. The van der Waals surface area contributed by atoms with Crippen molar-refractivity contribution in [1.29, 1.82) is 0 Å². The zero-order chi connectivity index (χ0) is 18.2. The molecule has 0 fully saturated rings. The SMILES string of the molecule is C/C(=N\[S@](=O)C(C)(C)C)c1cc(C(C)(C)O)cc(C(F)(F)F)c1. The first-order valence-corrected chi connectivity index (χ1v) is 8.16. The van der Waals surface area contributed by atoms with E-state index in [0.717, 1.165) is 12.1 Å². The summed E-state index contributed by atoms with van der Waals surface area (Å²) in [6.45, 7) is 9.52. The summed E-state index contributed by atoms with van der Waals surface area (Å²) in [6.07, 6.45) is -4.54. The van der Waals surface area contributed by atoms with Gasteiger partial charge < -0.3 is 5.11 Å². The van der Waals surface area contributed by atoms with Gasteiger partial charge in [-0.2, -0.15) is 17.6 Å². The molecule has 0 aliphatic carbocycles. The van der Waals surface area contributed by atoms with Crippen molar-refractivity contribution in [3.8, 4) is 0 Å². The van der Waals surface area contributed by atoms with Gasteiger partial charge in [0.2, 0.25) is 0 Å². The molecule has 0 aliphatic heterocycles. The van der Waals surface area contributed by atoms with E-state index in [2.05, 4.69) is 4.40 Å². The van der Waals surface area contributed by atoms with E-state index in [1.54, 1.807) is 20.8 Å². The summed E-state index contributed by atoms with van der Waals surface area (Å²) in [7, 11) is -1.58. The molecular weight excluding hydrogens is 327 g/mol. The fourth-order valence-corrected chi connectivity index (χ4v) is 2.30. The van der Waals surface area contributed by atoms with Gasteiger partial charge in [0.1, 0.15) is 11.0 Å². The van der Waals surface area contributed by atoms with Crippen molar-refractivity contribution in [2.75, 3.05) is 0 Å². The molecule has 3 nitrogen and oxygen atoms in total. The van der Waals surface area contributed by atoms with Crippen LogP contribution in [-0.4, -0.2) is 19.8 Å². The van der Waals surface area contributed by atoms with Gasteiger partial charge in [0.25, 0.3) is 0 Å².